The normalized spacial score (nSPS) is 12.5. The molecule has 7 heteroatoms. The van der Waals surface area contributed by atoms with Crippen molar-refractivity contribution in [3.63, 3.8) is 0 Å². The summed E-state index contributed by atoms with van der Waals surface area (Å²) in [5, 5.41) is 3.31. The van der Waals surface area contributed by atoms with Gasteiger partial charge in [-0.05, 0) is 48.4 Å². The van der Waals surface area contributed by atoms with Gasteiger partial charge in [-0.15, -0.1) is 0 Å². The minimum Gasteiger partial charge on any atom is -0.436 e. The van der Waals surface area contributed by atoms with Crippen LogP contribution in [0.15, 0.2) is 60.8 Å². The van der Waals surface area contributed by atoms with Gasteiger partial charge >= 0.3 is 0 Å². The number of nitrogens with one attached hydrogen (secondary N) is 1. The number of hydrogen-bond donors (Lipinski definition) is 1. The molecule has 0 saturated heterocycles. The highest BCUT2D eigenvalue weighted by molar-refractivity contribution is 6.31. The molecule has 0 spiro atoms. The van der Waals surface area contributed by atoms with Crippen molar-refractivity contribution in [2.45, 2.75) is 13.5 Å². The summed E-state index contributed by atoms with van der Waals surface area (Å²) in [7, 11) is 0. The zero-order valence-corrected chi connectivity index (χ0v) is 16.4. The topological polar surface area (TPSA) is 71.5 Å². The number of hydrogen-bond acceptors (Lipinski definition) is 4. The van der Waals surface area contributed by atoms with Gasteiger partial charge < -0.3 is 10.1 Å². The highest BCUT2D eigenvalue weighted by Gasteiger charge is 2.30. The van der Waals surface area contributed by atoms with Crippen LogP contribution in [0.3, 0.4) is 0 Å². The number of aromatic nitrogens is 1. The van der Waals surface area contributed by atoms with Gasteiger partial charge in [0.2, 0.25) is 11.8 Å². The molecule has 1 aliphatic rings. The molecule has 0 aliphatic carbocycles. The smallest absolute Gasteiger partial charge is 0.264 e. The Labute approximate surface area is 173 Å². The average molecular weight is 408 g/mol. The summed E-state index contributed by atoms with van der Waals surface area (Å²) in [5.74, 6) is -0.0594. The minimum atomic E-state index is -0.375. The lowest BCUT2D eigenvalue weighted by Gasteiger charge is -2.22. The number of rotatable bonds is 4. The third-order valence-electron chi connectivity index (χ3n) is 4.70. The van der Waals surface area contributed by atoms with Crippen LogP contribution in [-0.2, 0) is 11.3 Å². The maximum atomic E-state index is 13.2. The molecule has 1 aromatic heterocycles. The van der Waals surface area contributed by atoms with Crippen LogP contribution in [0, 0.1) is 6.92 Å². The molecule has 0 saturated carbocycles. The largest absolute Gasteiger partial charge is 0.436 e. The van der Waals surface area contributed by atoms with Crippen molar-refractivity contribution in [2.75, 3.05) is 11.4 Å². The number of ether oxygens (including phenoxy) is 1. The van der Waals surface area contributed by atoms with Gasteiger partial charge in [0.1, 0.15) is 12.1 Å². The molecule has 3 aromatic rings. The van der Waals surface area contributed by atoms with E-state index >= 15 is 0 Å². The van der Waals surface area contributed by atoms with Gasteiger partial charge in [0.15, 0.2) is 5.75 Å². The molecule has 146 valence electrons. The van der Waals surface area contributed by atoms with Crippen molar-refractivity contribution in [3.8, 4) is 11.6 Å². The highest BCUT2D eigenvalue weighted by Crippen LogP contribution is 2.39. The molecule has 2 amide bonds. The number of pyridine rings is 1. The molecule has 29 heavy (non-hydrogen) atoms. The van der Waals surface area contributed by atoms with Crippen molar-refractivity contribution in [3.05, 3.63) is 82.5 Å². The monoisotopic (exact) mass is 407 g/mol. The Morgan fingerprint density at radius 3 is 2.83 bits per heavy atom. The number of amides is 2. The lowest BCUT2D eigenvalue weighted by Crippen LogP contribution is -2.40. The molecule has 0 unspecified atom stereocenters. The fraction of sp³-hybridized carbons (Fsp3) is 0.136. The predicted octanol–water partition coefficient (Wildman–Crippen LogP) is 4.11. The molecule has 1 N–H and O–H groups in total. The van der Waals surface area contributed by atoms with E-state index < -0.39 is 0 Å². The second kappa shape index (κ2) is 7.93. The van der Waals surface area contributed by atoms with Crippen molar-refractivity contribution in [2.24, 2.45) is 0 Å². The Bertz CT molecular complexity index is 1100. The summed E-state index contributed by atoms with van der Waals surface area (Å²) in [5.41, 5.74) is 2.81. The van der Waals surface area contributed by atoms with Crippen molar-refractivity contribution < 1.29 is 14.3 Å². The van der Waals surface area contributed by atoms with Crippen molar-refractivity contribution in [1.29, 1.82) is 0 Å². The molecular formula is C22H18ClN3O3. The average Bonchev–Trinajstić information content (AvgIpc) is 2.83. The number of halogens is 1. The van der Waals surface area contributed by atoms with E-state index in [1.807, 2.05) is 31.2 Å². The quantitative estimate of drug-likeness (QED) is 0.706. The van der Waals surface area contributed by atoms with Crippen LogP contribution in [0.2, 0.25) is 5.02 Å². The molecule has 0 atom stereocenters. The highest BCUT2D eigenvalue weighted by atomic mass is 35.5. The van der Waals surface area contributed by atoms with Crippen LogP contribution in [0.1, 0.15) is 21.5 Å². The summed E-state index contributed by atoms with van der Waals surface area (Å²) in [4.78, 5) is 31.3. The molecular weight excluding hydrogens is 390 g/mol. The second-order valence-electron chi connectivity index (χ2n) is 6.66. The van der Waals surface area contributed by atoms with Gasteiger partial charge in [-0.1, -0.05) is 35.9 Å². The van der Waals surface area contributed by atoms with E-state index in [1.54, 1.807) is 36.5 Å². The molecule has 1 aliphatic heterocycles. The van der Waals surface area contributed by atoms with E-state index in [-0.39, 0.29) is 29.8 Å². The minimum absolute atomic E-state index is 0.171. The van der Waals surface area contributed by atoms with Crippen molar-refractivity contribution >= 4 is 29.1 Å². The van der Waals surface area contributed by atoms with E-state index in [9.17, 15) is 9.59 Å². The summed E-state index contributed by atoms with van der Waals surface area (Å²) >= 11 is 6.14. The third kappa shape index (κ3) is 3.93. The number of aryl methyl sites for hydroxylation is 1. The van der Waals surface area contributed by atoms with Gasteiger partial charge in [0.05, 0.1) is 5.69 Å². The molecule has 2 heterocycles. The van der Waals surface area contributed by atoms with Gasteiger partial charge in [-0.3, -0.25) is 14.5 Å². The zero-order chi connectivity index (χ0) is 20.4. The van der Waals surface area contributed by atoms with Gasteiger partial charge in [0.25, 0.3) is 5.91 Å². The van der Waals surface area contributed by atoms with Crippen LogP contribution in [0.4, 0.5) is 5.69 Å². The van der Waals surface area contributed by atoms with Crippen LogP contribution in [0.25, 0.3) is 0 Å². The second-order valence-corrected chi connectivity index (χ2v) is 7.10. The van der Waals surface area contributed by atoms with Crippen molar-refractivity contribution in [1.82, 2.24) is 10.3 Å². The lowest BCUT2D eigenvalue weighted by atomic mass is 10.1. The summed E-state index contributed by atoms with van der Waals surface area (Å²) in [6, 6.07) is 16.0. The molecule has 4 rings (SSSR count). The van der Waals surface area contributed by atoms with Gasteiger partial charge in [-0.2, -0.15) is 0 Å². The van der Waals surface area contributed by atoms with E-state index in [1.165, 1.54) is 4.90 Å². The molecule has 0 radical (unpaired) electrons. The predicted molar refractivity (Wildman–Crippen MR) is 110 cm³/mol. The van der Waals surface area contributed by atoms with Crippen LogP contribution >= 0.6 is 11.6 Å². The standard InChI is InChI=1S/C22H18ClN3O3/c1-14-5-2-3-6-15(14)12-25-20(27)13-26-18-11-16(23)8-9-19(18)29-21-17(22(26)28)7-4-10-24-21/h2-11H,12-13H2,1H3,(H,25,27). The first-order valence-corrected chi connectivity index (χ1v) is 9.46. The van der Waals surface area contributed by atoms with Crippen LogP contribution in [0.5, 0.6) is 11.6 Å². The number of carbonyl (C=O) groups is 2. The summed E-state index contributed by atoms with van der Waals surface area (Å²) in [6.07, 6.45) is 1.55. The first-order chi connectivity index (χ1) is 14.0. The summed E-state index contributed by atoms with van der Waals surface area (Å²) in [6.45, 7) is 2.19. The maximum absolute atomic E-state index is 13.2. The fourth-order valence-electron chi connectivity index (χ4n) is 3.14. The SMILES string of the molecule is Cc1ccccc1CNC(=O)CN1C(=O)c2cccnc2Oc2ccc(Cl)cc21. The Hall–Kier alpha value is -3.38. The fourth-order valence-corrected chi connectivity index (χ4v) is 3.31. The lowest BCUT2D eigenvalue weighted by molar-refractivity contribution is -0.119. The molecule has 6 nitrogen and oxygen atoms in total. The third-order valence-corrected chi connectivity index (χ3v) is 4.94. The van der Waals surface area contributed by atoms with E-state index in [4.69, 9.17) is 16.3 Å². The van der Waals surface area contributed by atoms with E-state index in [0.29, 0.717) is 23.0 Å². The van der Waals surface area contributed by atoms with E-state index in [0.717, 1.165) is 11.1 Å². The van der Waals surface area contributed by atoms with Gasteiger partial charge in [-0.25, -0.2) is 4.98 Å². The molecule has 0 bridgehead atoms. The molecule has 2 aromatic carbocycles. The number of benzene rings is 2. The molecule has 0 fully saturated rings. The first-order valence-electron chi connectivity index (χ1n) is 9.08. The van der Waals surface area contributed by atoms with Gasteiger partial charge in [0, 0.05) is 17.8 Å². The van der Waals surface area contributed by atoms with Crippen LogP contribution in [-0.4, -0.2) is 23.3 Å². The number of nitrogens with zero attached hydrogens (tertiary/aromatic N) is 2. The Kier molecular flexibility index (Phi) is 5.18. The number of carbonyl (C=O) groups excluding carboxylic acids is 2. The number of anilines is 1. The Morgan fingerprint density at radius 1 is 1.17 bits per heavy atom. The first kappa shape index (κ1) is 19.0. The zero-order valence-electron chi connectivity index (χ0n) is 15.7. The maximum Gasteiger partial charge on any atom is 0.264 e. The Balaban J connectivity index is 1.61. The summed E-state index contributed by atoms with van der Waals surface area (Å²) < 4.78 is 5.82. The number of fused-ring (bicyclic) bond motifs is 2. The van der Waals surface area contributed by atoms with Crippen LogP contribution < -0.4 is 15.0 Å². The van der Waals surface area contributed by atoms with E-state index in [2.05, 4.69) is 10.3 Å². The Morgan fingerprint density at radius 2 is 2.00 bits per heavy atom.